The number of carbonyl (C=O) groups is 3. The summed E-state index contributed by atoms with van der Waals surface area (Å²) in [6.07, 6.45) is 0.00825. The van der Waals surface area contributed by atoms with Crippen molar-refractivity contribution in [1.82, 2.24) is 0 Å². The van der Waals surface area contributed by atoms with Crippen LogP contribution in [0.5, 0.6) is 0 Å². The normalized spacial score (nSPS) is 15.3. The molecular formula is C18H17FO4. The molecule has 0 aliphatic heterocycles. The molecule has 0 spiro atoms. The molecule has 0 atom stereocenters. The van der Waals surface area contributed by atoms with Gasteiger partial charge in [0.25, 0.3) is 0 Å². The summed E-state index contributed by atoms with van der Waals surface area (Å²) < 4.78 is 18.7. The molecule has 0 radical (unpaired) electrons. The van der Waals surface area contributed by atoms with Gasteiger partial charge in [0.05, 0.1) is 12.7 Å². The lowest BCUT2D eigenvalue weighted by Gasteiger charge is -2.19. The van der Waals surface area contributed by atoms with E-state index in [0.29, 0.717) is 22.3 Å². The molecule has 0 heterocycles. The predicted molar refractivity (Wildman–Crippen MR) is 82.5 cm³/mol. The Balaban J connectivity index is 2.38. The van der Waals surface area contributed by atoms with Crippen LogP contribution < -0.4 is 0 Å². The third-order valence-corrected chi connectivity index (χ3v) is 4.15. The average Bonchev–Trinajstić information content (AvgIpc) is 2.55. The minimum atomic E-state index is -0.635. The smallest absolute Gasteiger partial charge is 0.337 e. The minimum Gasteiger partial charge on any atom is -0.465 e. The lowest BCUT2D eigenvalue weighted by atomic mass is 9.83. The number of ketones is 2. The summed E-state index contributed by atoms with van der Waals surface area (Å²) >= 11 is 0. The number of methoxy groups -OCH3 is 1. The van der Waals surface area contributed by atoms with Crippen molar-refractivity contribution in [3.8, 4) is 0 Å². The van der Waals surface area contributed by atoms with Crippen LogP contribution in [0.25, 0.3) is 0 Å². The van der Waals surface area contributed by atoms with Gasteiger partial charge in [0.15, 0.2) is 11.6 Å². The molecule has 0 saturated carbocycles. The molecule has 5 heteroatoms. The van der Waals surface area contributed by atoms with Crippen molar-refractivity contribution in [2.24, 2.45) is 0 Å². The first kappa shape index (κ1) is 16.8. The molecule has 1 aromatic carbocycles. The standard InChI is InChI=1S/C18H17FO4/c1-9-10(2)17(21)14(11(3)16(9)20)7-12-5-6-13(8-15(12)19)18(22)23-4/h5-6,8H,7H2,1-4H3. The number of halogens is 1. The van der Waals surface area contributed by atoms with Crippen molar-refractivity contribution >= 4 is 17.5 Å². The molecule has 120 valence electrons. The number of carbonyl (C=O) groups excluding carboxylic acids is 3. The van der Waals surface area contributed by atoms with Gasteiger partial charge in [-0.15, -0.1) is 0 Å². The molecule has 1 aliphatic rings. The molecule has 0 bridgehead atoms. The third-order valence-electron chi connectivity index (χ3n) is 4.15. The lowest BCUT2D eigenvalue weighted by molar-refractivity contribution is -0.116. The zero-order valence-corrected chi connectivity index (χ0v) is 13.5. The Hall–Kier alpha value is -2.56. The van der Waals surface area contributed by atoms with E-state index in [2.05, 4.69) is 4.74 Å². The van der Waals surface area contributed by atoms with E-state index < -0.39 is 11.8 Å². The molecule has 0 N–H and O–H groups in total. The van der Waals surface area contributed by atoms with Crippen molar-refractivity contribution in [3.63, 3.8) is 0 Å². The second kappa shape index (κ2) is 6.28. The molecule has 1 aromatic rings. The van der Waals surface area contributed by atoms with Gasteiger partial charge >= 0.3 is 5.97 Å². The van der Waals surface area contributed by atoms with E-state index in [4.69, 9.17) is 0 Å². The fourth-order valence-corrected chi connectivity index (χ4v) is 2.49. The highest BCUT2D eigenvalue weighted by Gasteiger charge is 2.28. The zero-order valence-electron chi connectivity index (χ0n) is 13.5. The minimum absolute atomic E-state index is 0.00825. The van der Waals surface area contributed by atoms with Gasteiger partial charge in [0.1, 0.15) is 5.82 Å². The van der Waals surface area contributed by atoms with E-state index in [9.17, 15) is 18.8 Å². The van der Waals surface area contributed by atoms with Crippen molar-refractivity contribution < 1.29 is 23.5 Å². The van der Waals surface area contributed by atoms with Gasteiger partial charge in [-0.3, -0.25) is 9.59 Å². The van der Waals surface area contributed by atoms with Crippen LogP contribution in [0.4, 0.5) is 4.39 Å². The van der Waals surface area contributed by atoms with Crippen molar-refractivity contribution in [3.05, 3.63) is 57.4 Å². The van der Waals surface area contributed by atoms with E-state index in [1.807, 2.05) is 0 Å². The molecular weight excluding hydrogens is 299 g/mol. The van der Waals surface area contributed by atoms with E-state index >= 15 is 0 Å². The topological polar surface area (TPSA) is 60.4 Å². The quantitative estimate of drug-likeness (QED) is 0.635. The van der Waals surface area contributed by atoms with Crippen LogP contribution in [0.2, 0.25) is 0 Å². The number of esters is 1. The van der Waals surface area contributed by atoms with Gasteiger partial charge in [0, 0.05) is 28.7 Å². The Morgan fingerprint density at radius 3 is 2.22 bits per heavy atom. The Labute approximate surface area is 133 Å². The first-order valence-electron chi connectivity index (χ1n) is 7.11. The number of hydrogen-bond donors (Lipinski definition) is 0. The van der Waals surface area contributed by atoms with Gasteiger partial charge in [0.2, 0.25) is 0 Å². The third kappa shape index (κ3) is 2.99. The van der Waals surface area contributed by atoms with E-state index in [-0.39, 0.29) is 29.1 Å². The summed E-state index contributed by atoms with van der Waals surface area (Å²) in [6, 6.07) is 3.93. The number of Topliss-reactive ketones (excluding diaryl/α,β-unsaturated/α-hetero) is 2. The summed E-state index contributed by atoms with van der Waals surface area (Å²) in [7, 11) is 1.21. The van der Waals surface area contributed by atoms with Crippen molar-refractivity contribution in [2.75, 3.05) is 7.11 Å². The molecule has 0 saturated heterocycles. The first-order chi connectivity index (χ1) is 10.8. The largest absolute Gasteiger partial charge is 0.465 e. The van der Waals surface area contributed by atoms with Gasteiger partial charge in [-0.1, -0.05) is 6.07 Å². The number of ether oxygens (including phenoxy) is 1. The average molecular weight is 316 g/mol. The summed E-state index contributed by atoms with van der Waals surface area (Å²) in [6.45, 7) is 4.78. The summed E-state index contributed by atoms with van der Waals surface area (Å²) in [5.41, 5.74) is 1.80. The highest BCUT2D eigenvalue weighted by Crippen LogP contribution is 2.27. The van der Waals surface area contributed by atoms with Crippen LogP contribution >= 0.6 is 0 Å². The van der Waals surface area contributed by atoms with E-state index in [1.54, 1.807) is 20.8 Å². The van der Waals surface area contributed by atoms with E-state index in [0.717, 1.165) is 6.07 Å². The maximum atomic E-state index is 14.2. The highest BCUT2D eigenvalue weighted by molar-refractivity contribution is 6.24. The molecule has 0 unspecified atom stereocenters. The van der Waals surface area contributed by atoms with Gasteiger partial charge < -0.3 is 4.74 Å². The molecule has 0 aromatic heterocycles. The van der Waals surface area contributed by atoms with Crippen LogP contribution in [0.3, 0.4) is 0 Å². The lowest BCUT2D eigenvalue weighted by Crippen LogP contribution is -2.22. The van der Waals surface area contributed by atoms with Gasteiger partial charge in [-0.2, -0.15) is 0 Å². The molecule has 23 heavy (non-hydrogen) atoms. The highest BCUT2D eigenvalue weighted by atomic mass is 19.1. The molecule has 1 aliphatic carbocycles. The summed E-state index contributed by atoms with van der Waals surface area (Å²) in [4.78, 5) is 35.9. The van der Waals surface area contributed by atoms with Crippen molar-refractivity contribution in [2.45, 2.75) is 27.2 Å². The summed E-state index contributed by atoms with van der Waals surface area (Å²) in [5, 5.41) is 0. The van der Waals surface area contributed by atoms with Crippen LogP contribution in [-0.4, -0.2) is 24.6 Å². The summed E-state index contributed by atoms with van der Waals surface area (Å²) in [5.74, 6) is -1.68. The molecule has 2 rings (SSSR count). The number of benzene rings is 1. The monoisotopic (exact) mass is 316 g/mol. The van der Waals surface area contributed by atoms with Crippen LogP contribution in [0, 0.1) is 5.82 Å². The predicted octanol–water partition coefficient (Wildman–Crippen LogP) is 2.96. The first-order valence-corrected chi connectivity index (χ1v) is 7.11. The van der Waals surface area contributed by atoms with Crippen LogP contribution in [-0.2, 0) is 20.7 Å². The molecule has 4 nitrogen and oxygen atoms in total. The van der Waals surface area contributed by atoms with Gasteiger partial charge in [-0.05, 0) is 38.5 Å². The second-order valence-corrected chi connectivity index (χ2v) is 5.49. The SMILES string of the molecule is COC(=O)c1ccc(CC2=C(C)C(=O)C(C)=C(C)C2=O)c(F)c1. The number of rotatable bonds is 3. The number of allylic oxidation sites excluding steroid dienone is 4. The van der Waals surface area contributed by atoms with Crippen LogP contribution in [0.15, 0.2) is 40.5 Å². The van der Waals surface area contributed by atoms with Crippen molar-refractivity contribution in [1.29, 1.82) is 0 Å². The number of hydrogen-bond acceptors (Lipinski definition) is 4. The Kier molecular flexibility index (Phi) is 4.59. The van der Waals surface area contributed by atoms with Gasteiger partial charge in [-0.25, -0.2) is 9.18 Å². The maximum Gasteiger partial charge on any atom is 0.337 e. The molecule has 0 amide bonds. The Morgan fingerprint density at radius 1 is 1.04 bits per heavy atom. The fraction of sp³-hybridized carbons (Fsp3) is 0.278. The molecule has 0 fully saturated rings. The van der Waals surface area contributed by atoms with E-state index in [1.165, 1.54) is 19.2 Å². The second-order valence-electron chi connectivity index (χ2n) is 5.49. The van der Waals surface area contributed by atoms with Crippen LogP contribution in [0.1, 0.15) is 36.7 Å². The Bertz CT molecular complexity index is 784. The maximum absolute atomic E-state index is 14.2. The fourth-order valence-electron chi connectivity index (χ4n) is 2.49. The zero-order chi connectivity index (χ0) is 17.3. The Morgan fingerprint density at radius 2 is 1.65 bits per heavy atom.